The Morgan fingerprint density at radius 3 is 3.00 bits per heavy atom. The van der Waals surface area contributed by atoms with E-state index in [1.807, 2.05) is 23.2 Å². The number of likely N-dealkylation sites (tertiary alicyclic amines) is 1. The predicted molar refractivity (Wildman–Crippen MR) is 82.0 cm³/mol. The maximum atomic E-state index is 9.96. The zero-order valence-corrected chi connectivity index (χ0v) is 13.3. The molecule has 0 bridgehead atoms. The van der Waals surface area contributed by atoms with Gasteiger partial charge in [0.1, 0.15) is 11.3 Å². The molecular formula is C16H24N4O2. The second-order valence-corrected chi connectivity index (χ2v) is 6.76. The largest absolute Gasteiger partial charge is 0.472 e. The average Bonchev–Trinajstić information content (AvgIpc) is 3.10. The molecule has 0 spiro atoms. The smallest absolute Gasteiger partial charge is 0.114 e. The fraction of sp³-hybridized carbons (Fsp3) is 0.625. The lowest BCUT2D eigenvalue weighted by molar-refractivity contribution is 0.0737. The highest BCUT2D eigenvalue weighted by molar-refractivity contribution is 5.05. The van der Waals surface area contributed by atoms with Gasteiger partial charge in [0, 0.05) is 25.2 Å². The molecule has 0 amide bonds. The van der Waals surface area contributed by atoms with Gasteiger partial charge in [-0.2, -0.15) is 0 Å². The van der Waals surface area contributed by atoms with Crippen LogP contribution in [0.1, 0.15) is 37.9 Å². The van der Waals surface area contributed by atoms with E-state index in [9.17, 15) is 5.11 Å². The minimum absolute atomic E-state index is 0.567. The molecule has 0 radical (unpaired) electrons. The highest BCUT2D eigenvalue weighted by atomic mass is 16.3. The average molecular weight is 304 g/mol. The van der Waals surface area contributed by atoms with E-state index in [1.54, 1.807) is 20.1 Å². The summed E-state index contributed by atoms with van der Waals surface area (Å²) in [6, 6.07) is 2.02. The van der Waals surface area contributed by atoms with Crippen LogP contribution in [-0.4, -0.2) is 38.1 Å². The SMILES string of the molecule is CC(C)(O)c1cn(CC2CCCN(Cc3ccoc3)C2)nn1. The lowest BCUT2D eigenvalue weighted by Crippen LogP contribution is -2.36. The summed E-state index contributed by atoms with van der Waals surface area (Å²) in [6.45, 7) is 7.45. The predicted octanol–water partition coefficient (Wildman–Crippen LogP) is 2.01. The fourth-order valence-corrected chi connectivity index (χ4v) is 3.02. The molecule has 6 nitrogen and oxygen atoms in total. The van der Waals surface area contributed by atoms with Crippen LogP contribution in [0.4, 0.5) is 0 Å². The van der Waals surface area contributed by atoms with Crippen LogP contribution in [0.5, 0.6) is 0 Å². The van der Waals surface area contributed by atoms with Gasteiger partial charge in [0.05, 0.1) is 18.7 Å². The topological polar surface area (TPSA) is 67.3 Å². The van der Waals surface area contributed by atoms with E-state index in [1.165, 1.54) is 18.4 Å². The van der Waals surface area contributed by atoms with Crippen molar-refractivity contribution in [2.75, 3.05) is 13.1 Å². The Morgan fingerprint density at radius 1 is 1.45 bits per heavy atom. The van der Waals surface area contributed by atoms with Gasteiger partial charge in [0.15, 0.2) is 0 Å². The van der Waals surface area contributed by atoms with Crippen LogP contribution in [0.2, 0.25) is 0 Å². The van der Waals surface area contributed by atoms with Crippen molar-refractivity contribution in [3.8, 4) is 0 Å². The van der Waals surface area contributed by atoms with Crippen LogP contribution in [0.25, 0.3) is 0 Å². The van der Waals surface area contributed by atoms with E-state index in [0.717, 1.165) is 26.2 Å². The number of furan rings is 1. The third-order valence-corrected chi connectivity index (χ3v) is 4.20. The van der Waals surface area contributed by atoms with Crippen molar-refractivity contribution in [1.82, 2.24) is 19.9 Å². The Labute approximate surface area is 130 Å². The Kier molecular flexibility index (Phi) is 4.31. The van der Waals surface area contributed by atoms with Crippen molar-refractivity contribution in [3.05, 3.63) is 36.0 Å². The third-order valence-electron chi connectivity index (χ3n) is 4.20. The zero-order chi connectivity index (χ0) is 15.6. The molecule has 1 fully saturated rings. The summed E-state index contributed by atoms with van der Waals surface area (Å²) in [5.74, 6) is 0.567. The molecule has 1 atom stereocenters. The Bertz CT molecular complexity index is 586. The first-order valence-electron chi connectivity index (χ1n) is 7.87. The summed E-state index contributed by atoms with van der Waals surface area (Å²) < 4.78 is 7.00. The molecule has 1 aliphatic heterocycles. The zero-order valence-electron chi connectivity index (χ0n) is 13.3. The number of piperidine rings is 1. The molecule has 0 aliphatic carbocycles. The molecule has 1 saturated heterocycles. The third kappa shape index (κ3) is 3.75. The molecule has 1 unspecified atom stereocenters. The monoisotopic (exact) mass is 304 g/mol. The minimum Gasteiger partial charge on any atom is -0.472 e. The second kappa shape index (κ2) is 6.22. The Hall–Kier alpha value is -1.66. The second-order valence-electron chi connectivity index (χ2n) is 6.76. The van der Waals surface area contributed by atoms with Gasteiger partial charge >= 0.3 is 0 Å². The van der Waals surface area contributed by atoms with Crippen LogP contribution in [-0.2, 0) is 18.7 Å². The first kappa shape index (κ1) is 15.2. The maximum Gasteiger partial charge on any atom is 0.114 e. The first-order valence-corrected chi connectivity index (χ1v) is 7.87. The van der Waals surface area contributed by atoms with Gasteiger partial charge < -0.3 is 9.52 Å². The van der Waals surface area contributed by atoms with Crippen LogP contribution in [0, 0.1) is 5.92 Å². The van der Waals surface area contributed by atoms with E-state index < -0.39 is 5.60 Å². The Balaban J connectivity index is 1.57. The summed E-state index contributed by atoms with van der Waals surface area (Å²) in [6.07, 6.45) is 7.81. The summed E-state index contributed by atoms with van der Waals surface area (Å²) in [4.78, 5) is 2.47. The molecule has 120 valence electrons. The van der Waals surface area contributed by atoms with E-state index >= 15 is 0 Å². The van der Waals surface area contributed by atoms with Crippen LogP contribution in [0.3, 0.4) is 0 Å². The highest BCUT2D eigenvalue weighted by Gasteiger charge is 2.23. The van der Waals surface area contributed by atoms with Gasteiger partial charge in [-0.25, -0.2) is 0 Å². The summed E-state index contributed by atoms with van der Waals surface area (Å²) >= 11 is 0. The van der Waals surface area contributed by atoms with Crippen LogP contribution < -0.4 is 0 Å². The highest BCUT2D eigenvalue weighted by Crippen LogP contribution is 2.21. The molecule has 2 aromatic rings. The van der Waals surface area contributed by atoms with Gasteiger partial charge in [-0.05, 0) is 45.2 Å². The summed E-state index contributed by atoms with van der Waals surface area (Å²) in [5, 5.41) is 18.2. The molecule has 1 N–H and O–H groups in total. The van der Waals surface area contributed by atoms with Gasteiger partial charge in [-0.1, -0.05) is 5.21 Å². The first-order chi connectivity index (χ1) is 10.5. The molecule has 6 heteroatoms. The van der Waals surface area contributed by atoms with Crippen molar-refractivity contribution in [2.45, 2.75) is 45.4 Å². The number of nitrogens with zero attached hydrogens (tertiary/aromatic N) is 4. The van der Waals surface area contributed by atoms with Crippen LogP contribution in [0.15, 0.2) is 29.2 Å². The van der Waals surface area contributed by atoms with Crippen molar-refractivity contribution in [1.29, 1.82) is 0 Å². The van der Waals surface area contributed by atoms with Crippen molar-refractivity contribution in [2.24, 2.45) is 5.92 Å². The van der Waals surface area contributed by atoms with Gasteiger partial charge in [0.2, 0.25) is 0 Å². The van der Waals surface area contributed by atoms with Gasteiger partial charge in [-0.15, -0.1) is 5.10 Å². The minimum atomic E-state index is -0.932. The molecular weight excluding hydrogens is 280 g/mol. The van der Waals surface area contributed by atoms with E-state index in [-0.39, 0.29) is 0 Å². The fourth-order valence-electron chi connectivity index (χ4n) is 3.02. The lowest BCUT2D eigenvalue weighted by atomic mass is 9.97. The van der Waals surface area contributed by atoms with Crippen LogP contribution >= 0.6 is 0 Å². The van der Waals surface area contributed by atoms with E-state index in [0.29, 0.717) is 11.6 Å². The van der Waals surface area contributed by atoms with E-state index in [4.69, 9.17) is 4.42 Å². The number of aromatic nitrogens is 3. The Morgan fingerprint density at radius 2 is 2.32 bits per heavy atom. The quantitative estimate of drug-likeness (QED) is 0.915. The van der Waals surface area contributed by atoms with Crippen molar-refractivity contribution in [3.63, 3.8) is 0 Å². The molecule has 3 rings (SSSR count). The summed E-state index contributed by atoms with van der Waals surface area (Å²) in [7, 11) is 0. The molecule has 0 saturated carbocycles. The maximum absolute atomic E-state index is 9.96. The number of aliphatic hydroxyl groups is 1. The molecule has 1 aliphatic rings. The molecule has 0 aromatic carbocycles. The summed E-state index contributed by atoms with van der Waals surface area (Å²) in [5.41, 5.74) is 0.919. The number of hydrogen-bond donors (Lipinski definition) is 1. The molecule has 2 aromatic heterocycles. The van der Waals surface area contributed by atoms with Crippen molar-refractivity contribution >= 4 is 0 Å². The normalized spacial score (nSPS) is 20.4. The van der Waals surface area contributed by atoms with E-state index in [2.05, 4.69) is 15.2 Å². The standard InChI is InChI=1S/C16H24N4O2/c1-16(2,21)15-11-20(18-17-15)10-13-4-3-6-19(8-13)9-14-5-7-22-12-14/h5,7,11-13,21H,3-4,6,8-10H2,1-2H3. The number of rotatable bonds is 5. The molecule has 3 heterocycles. The number of hydrogen-bond acceptors (Lipinski definition) is 5. The van der Waals surface area contributed by atoms with Crippen molar-refractivity contribution < 1.29 is 9.52 Å². The lowest BCUT2D eigenvalue weighted by Gasteiger charge is -2.32. The molecule has 22 heavy (non-hydrogen) atoms. The van der Waals surface area contributed by atoms with Gasteiger partial charge in [0.25, 0.3) is 0 Å². The van der Waals surface area contributed by atoms with Gasteiger partial charge in [-0.3, -0.25) is 9.58 Å².